The number of ether oxygens (including phenoxy) is 1. The lowest BCUT2D eigenvalue weighted by Gasteiger charge is -2.13. The summed E-state index contributed by atoms with van der Waals surface area (Å²) >= 11 is 11.8. The molecule has 2 amide bonds. The number of anilines is 1. The molecule has 0 saturated carbocycles. The quantitative estimate of drug-likeness (QED) is 0.232. The van der Waals surface area contributed by atoms with Gasteiger partial charge in [-0.1, -0.05) is 23.2 Å². The zero-order chi connectivity index (χ0) is 23.1. The third kappa shape index (κ3) is 7.36. The fourth-order valence-corrected chi connectivity index (χ4v) is 2.69. The minimum atomic E-state index is -4.79. The molecule has 32 heavy (non-hydrogen) atoms. The second-order valence-electron chi connectivity index (χ2n) is 6.22. The Morgan fingerprint density at radius 2 is 1.38 bits per heavy atom. The summed E-state index contributed by atoms with van der Waals surface area (Å²) in [7, 11) is 0. The number of amides is 2. The molecule has 11 heteroatoms. The lowest BCUT2D eigenvalue weighted by atomic mass is 10.2. The Morgan fingerprint density at radius 1 is 0.812 bits per heavy atom. The maximum Gasteiger partial charge on any atom is 0.573 e. The fourth-order valence-electron chi connectivity index (χ4n) is 2.44. The highest BCUT2D eigenvalue weighted by Crippen LogP contribution is 2.24. The first kappa shape index (κ1) is 23.2. The molecular weight excluding hydrogens is 468 g/mol. The van der Waals surface area contributed by atoms with E-state index in [0.29, 0.717) is 27.1 Å². The summed E-state index contributed by atoms with van der Waals surface area (Å²) in [6, 6.07) is 17.5. The van der Waals surface area contributed by atoms with E-state index < -0.39 is 18.1 Å². The molecule has 3 rings (SSSR count). The van der Waals surface area contributed by atoms with E-state index in [2.05, 4.69) is 25.9 Å². The van der Waals surface area contributed by atoms with E-state index in [0.717, 1.165) is 12.1 Å². The highest BCUT2D eigenvalue weighted by Gasteiger charge is 2.30. The molecule has 3 aromatic rings. The van der Waals surface area contributed by atoms with Gasteiger partial charge >= 0.3 is 12.4 Å². The number of carbonyl (C=O) groups is 1. The molecule has 0 saturated heterocycles. The summed E-state index contributed by atoms with van der Waals surface area (Å²) in [5, 5.41) is 3.56. The van der Waals surface area contributed by atoms with Crippen LogP contribution in [0.1, 0.15) is 5.56 Å². The highest BCUT2D eigenvalue weighted by molar-refractivity contribution is 6.31. The van der Waals surface area contributed by atoms with E-state index >= 15 is 0 Å². The summed E-state index contributed by atoms with van der Waals surface area (Å²) in [5.74, 6) is -0.0882. The molecular formula is C21H15Cl2F3N4O2. The summed E-state index contributed by atoms with van der Waals surface area (Å²) < 4.78 is 40.5. The molecule has 3 aromatic carbocycles. The van der Waals surface area contributed by atoms with Gasteiger partial charge in [0.15, 0.2) is 5.84 Å². The average molecular weight is 483 g/mol. The number of hydrazine groups is 1. The van der Waals surface area contributed by atoms with Gasteiger partial charge < -0.3 is 10.1 Å². The van der Waals surface area contributed by atoms with Crippen LogP contribution in [0.15, 0.2) is 77.8 Å². The van der Waals surface area contributed by atoms with Crippen molar-refractivity contribution in [3.63, 3.8) is 0 Å². The van der Waals surface area contributed by atoms with Gasteiger partial charge in [0, 0.05) is 21.3 Å². The van der Waals surface area contributed by atoms with Crippen LogP contribution in [0, 0.1) is 0 Å². The van der Waals surface area contributed by atoms with Gasteiger partial charge in [0.25, 0.3) is 0 Å². The van der Waals surface area contributed by atoms with Gasteiger partial charge in [0.2, 0.25) is 0 Å². The normalized spacial score (nSPS) is 11.6. The number of hydrogen-bond donors (Lipinski definition) is 3. The van der Waals surface area contributed by atoms with Crippen molar-refractivity contribution in [2.45, 2.75) is 6.36 Å². The topological polar surface area (TPSA) is 74.8 Å². The Morgan fingerprint density at radius 3 is 1.94 bits per heavy atom. The standard InChI is InChI=1S/C21H15Cl2F3N4O2/c22-14-3-1-13(2-4-14)19(27-16-7-5-15(23)6-8-16)29-30-20(31)28-17-9-11-18(12-10-17)32-21(24,25)26/h1-12H,(H,27,29)(H2,28,30,31). The van der Waals surface area contributed by atoms with Crippen molar-refractivity contribution < 1.29 is 22.7 Å². The summed E-state index contributed by atoms with van der Waals surface area (Å²) in [5.41, 5.74) is 6.61. The lowest BCUT2D eigenvalue weighted by molar-refractivity contribution is -0.274. The van der Waals surface area contributed by atoms with Crippen LogP contribution in [0.4, 0.5) is 29.3 Å². The second-order valence-corrected chi connectivity index (χ2v) is 7.09. The number of benzene rings is 3. The summed E-state index contributed by atoms with van der Waals surface area (Å²) in [4.78, 5) is 16.7. The van der Waals surface area contributed by atoms with Gasteiger partial charge in [0.1, 0.15) is 5.75 Å². The number of alkyl halides is 3. The smallest absolute Gasteiger partial charge is 0.406 e. The average Bonchev–Trinajstić information content (AvgIpc) is 2.73. The van der Waals surface area contributed by atoms with Crippen LogP contribution in [0.25, 0.3) is 0 Å². The molecule has 0 unspecified atom stereocenters. The first-order valence-electron chi connectivity index (χ1n) is 8.97. The molecule has 0 aliphatic rings. The van der Waals surface area contributed by atoms with Crippen LogP contribution >= 0.6 is 23.2 Å². The molecule has 0 aliphatic carbocycles. The molecule has 0 aliphatic heterocycles. The fraction of sp³-hybridized carbons (Fsp3) is 0.0476. The molecule has 0 bridgehead atoms. The molecule has 0 heterocycles. The van der Waals surface area contributed by atoms with Gasteiger partial charge in [-0.05, 0) is 72.8 Å². The Hall–Kier alpha value is -3.43. The number of nitrogens with one attached hydrogen (secondary N) is 3. The monoisotopic (exact) mass is 482 g/mol. The van der Waals surface area contributed by atoms with Crippen molar-refractivity contribution in [3.05, 3.63) is 88.4 Å². The molecule has 6 nitrogen and oxygen atoms in total. The maximum atomic E-state index is 12.2. The van der Waals surface area contributed by atoms with Gasteiger partial charge in [-0.2, -0.15) is 0 Å². The van der Waals surface area contributed by atoms with Crippen LogP contribution < -0.4 is 20.9 Å². The first-order chi connectivity index (χ1) is 15.2. The molecule has 0 atom stereocenters. The van der Waals surface area contributed by atoms with Gasteiger partial charge in [-0.3, -0.25) is 10.9 Å². The predicted molar refractivity (Wildman–Crippen MR) is 118 cm³/mol. The number of aliphatic imine (C=N–C) groups is 1. The Bertz CT molecular complexity index is 1090. The van der Waals surface area contributed by atoms with E-state index in [9.17, 15) is 18.0 Å². The van der Waals surface area contributed by atoms with Crippen LogP contribution in [-0.4, -0.2) is 18.2 Å². The second kappa shape index (κ2) is 10.3. The zero-order valence-electron chi connectivity index (χ0n) is 16.1. The van der Waals surface area contributed by atoms with Gasteiger partial charge in [-0.15, -0.1) is 13.2 Å². The lowest BCUT2D eigenvalue weighted by Crippen LogP contribution is -2.44. The predicted octanol–water partition coefficient (Wildman–Crippen LogP) is 6.30. The number of urea groups is 1. The minimum absolute atomic E-state index is 0.251. The number of carbonyl (C=O) groups excluding carboxylic acids is 1. The Balaban J connectivity index is 1.68. The number of nitrogens with zero attached hydrogens (tertiary/aromatic N) is 1. The highest BCUT2D eigenvalue weighted by atomic mass is 35.5. The van der Waals surface area contributed by atoms with Crippen molar-refractivity contribution in [3.8, 4) is 5.75 Å². The molecule has 0 fully saturated rings. The summed E-state index contributed by atoms with van der Waals surface area (Å²) in [6.07, 6.45) is -4.79. The summed E-state index contributed by atoms with van der Waals surface area (Å²) in [6.45, 7) is 0. The number of rotatable bonds is 4. The zero-order valence-corrected chi connectivity index (χ0v) is 17.6. The SMILES string of the molecule is O=C(NNC(=Nc1ccc(Cl)cc1)c1ccc(Cl)cc1)Nc1ccc(OC(F)(F)F)cc1. The Labute approximate surface area is 191 Å². The van der Waals surface area contributed by atoms with Crippen LogP contribution in [0.3, 0.4) is 0 Å². The molecule has 0 aromatic heterocycles. The maximum absolute atomic E-state index is 12.2. The molecule has 0 radical (unpaired) electrons. The van der Waals surface area contributed by atoms with E-state index in [1.54, 1.807) is 48.5 Å². The number of halogens is 5. The third-order valence-corrected chi connectivity index (χ3v) is 4.33. The van der Waals surface area contributed by atoms with Crippen LogP contribution in [-0.2, 0) is 0 Å². The number of hydrogen-bond acceptors (Lipinski definition) is 3. The van der Waals surface area contributed by atoms with E-state index in [4.69, 9.17) is 23.2 Å². The van der Waals surface area contributed by atoms with E-state index in [1.165, 1.54) is 12.1 Å². The van der Waals surface area contributed by atoms with Crippen molar-refractivity contribution >= 4 is 46.4 Å². The van der Waals surface area contributed by atoms with Crippen LogP contribution in [0.2, 0.25) is 10.0 Å². The number of amidine groups is 1. The molecule has 0 spiro atoms. The van der Waals surface area contributed by atoms with E-state index in [1.807, 2.05) is 0 Å². The van der Waals surface area contributed by atoms with E-state index in [-0.39, 0.29) is 5.69 Å². The largest absolute Gasteiger partial charge is 0.573 e. The van der Waals surface area contributed by atoms with Gasteiger partial charge in [-0.25, -0.2) is 9.79 Å². The van der Waals surface area contributed by atoms with Crippen molar-refractivity contribution in [2.75, 3.05) is 5.32 Å². The molecule has 3 N–H and O–H groups in total. The van der Waals surface area contributed by atoms with Crippen molar-refractivity contribution in [2.24, 2.45) is 4.99 Å². The Kier molecular flexibility index (Phi) is 7.45. The van der Waals surface area contributed by atoms with Gasteiger partial charge in [0.05, 0.1) is 5.69 Å². The molecule has 166 valence electrons. The van der Waals surface area contributed by atoms with Crippen LogP contribution in [0.5, 0.6) is 5.75 Å². The third-order valence-electron chi connectivity index (χ3n) is 3.83. The minimum Gasteiger partial charge on any atom is -0.406 e. The first-order valence-corrected chi connectivity index (χ1v) is 9.72. The van der Waals surface area contributed by atoms with Crippen molar-refractivity contribution in [1.82, 2.24) is 10.9 Å². The van der Waals surface area contributed by atoms with Crippen molar-refractivity contribution in [1.29, 1.82) is 0 Å².